The van der Waals surface area contributed by atoms with Crippen molar-refractivity contribution in [3.8, 4) is 22.7 Å². The van der Waals surface area contributed by atoms with Crippen molar-refractivity contribution in [1.82, 2.24) is 9.78 Å². The number of nitrogens with one attached hydrogen (secondary N) is 1. The largest absolute Gasteiger partial charge is 0.491 e. The van der Waals surface area contributed by atoms with Gasteiger partial charge in [-0.3, -0.25) is 4.79 Å². The first-order chi connectivity index (χ1) is 21.1. The normalized spacial score (nSPS) is 11.0. The van der Waals surface area contributed by atoms with E-state index < -0.39 is 0 Å². The number of carbonyl (C=O) groups excluding carboxylic acids is 1. The Kier molecular flexibility index (Phi) is 13.2. The van der Waals surface area contributed by atoms with Gasteiger partial charge in [-0.2, -0.15) is 5.10 Å². The van der Waals surface area contributed by atoms with Crippen LogP contribution in [0, 0.1) is 6.92 Å². The van der Waals surface area contributed by atoms with E-state index in [9.17, 15) is 4.79 Å². The van der Waals surface area contributed by atoms with Gasteiger partial charge in [-0.05, 0) is 49.7 Å². The van der Waals surface area contributed by atoms with Crippen LogP contribution in [0.3, 0.4) is 0 Å². The third-order valence-electron chi connectivity index (χ3n) is 6.38. The van der Waals surface area contributed by atoms with E-state index in [2.05, 4.69) is 12.2 Å². The zero-order valence-corrected chi connectivity index (χ0v) is 25.0. The molecule has 3 aromatic carbocycles. The van der Waals surface area contributed by atoms with Gasteiger partial charge in [0.05, 0.1) is 57.5 Å². The highest BCUT2D eigenvalue weighted by atomic mass is 16.6. The number of rotatable bonds is 19. The maximum atomic E-state index is 13.4. The van der Waals surface area contributed by atoms with Gasteiger partial charge in [-0.25, -0.2) is 4.68 Å². The topological polar surface area (TPSA) is 93.1 Å². The van der Waals surface area contributed by atoms with Crippen molar-refractivity contribution < 1.29 is 28.5 Å². The maximum Gasteiger partial charge on any atom is 0.259 e. The molecule has 0 spiro atoms. The van der Waals surface area contributed by atoms with E-state index in [0.29, 0.717) is 75.5 Å². The predicted molar refractivity (Wildman–Crippen MR) is 167 cm³/mol. The monoisotopic (exact) mass is 587 g/mol. The highest BCUT2D eigenvalue weighted by molar-refractivity contribution is 6.08. The average molecular weight is 588 g/mol. The molecule has 0 fully saturated rings. The molecule has 43 heavy (non-hydrogen) atoms. The Balaban J connectivity index is 1.20. The molecular weight excluding hydrogens is 546 g/mol. The third kappa shape index (κ3) is 10.6. The van der Waals surface area contributed by atoms with Gasteiger partial charge in [0, 0.05) is 24.1 Å². The number of benzene rings is 3. The van der Waals surface area contributed by atoms with Crippen LogP contribution in [0.25, 0.3) is 16.9 Å². The Labute approximate surface area is 253 Å². The number of hydrogen-bond acceptors (Lipinski definition) is 7. The zero-order chi connectivity index (χ0) is 30.1. The van der Waals surface area contributed by atoms with Gasteiger partial charge in [0.25, 0.3) is 5.91 Å². The second-order valence-corrected chi connectivity index (χ2v) is 9.81. The second-order valence-electron chi connectivity index (χ2n) is 9.81. The van der Waals surface area contributed by atoms with E-state index in [4.69, 9.17) is 28.8 Å². The number of aromatic nitrogens is 2. The predicted octanol–water partition coefficient (Wildman–Crippen LogP) is 5.96. The lowest BCUT2D eigenvalue weighted by molar-refractivity contribution is -0.00450. The van der Waals surface area contributed by atoms with Crippen LogP contribution in [0.5, 0.6) is 5.75 Å². The number of para-hydroxylation sites is 1. The SMILES string of the molecule is CCCOCCOCCOCCOCCOc1ccc(NC(=O)c2cn(-c3ccccc3)nc2-c2ccc(C)cc2)cc1. The third-order valence-corrected chi connectivity index (χ3v) is 6.38. The van der Waals surface area contributed by atoms with E-state index in [1.807, 2.05) is 85.8 Å². The molecule has 0 aliphatic carbocycles. The van der Waals surface area contributed by atoms with Crippen molar-refractivity contribution in [2.75, 3.05) is 64.8 Å². The molecule has 1 aromatic heterocycles. The van der Waals surface area contributed by atoms with Crippen LogP contribution in [-0.2, 0) is 18.9 Å². The van der Waals surface area contributed by atoms with Gasteiger partial charge >= 0.3 is 0 Å². The molecule has 1 N–H and O–H groups in total. The minimum absolute atomic E-state index is 0.241. The fourth-order valence-electron chi connectivity index (χ4n) is 4.14. The van der Waals surface area contributed by atoms with Gasteiger partial charge in [0.2, 0.25) is 0 Å². The standard InChI is InChI=1S/C34H41N3O6/c1-3-17-39-18-19-40-20-21-41-22-23-42-24-25-43-31-15-13-29(14-16-31)35-34(38)32-26-37(30-7-5-4-6-8-30)36-33(32)28-11-9-27(2)10-12-28/h4-16,26H,3,17-25H2,1-2H3,(H,35,38). The van der Waals surface area contributed by atoms with Gasteiger partial charge in [0.15, 0.2) is 0 Å². The lowest BCUT2D eigenvalue weighted by atomic mass is 10.1. The molecule has 0 aliphatic heterocycles. The number of aryl methyl sites for hydroxylation is 1. The first kappa shape index (κ1) is 31.9. The van der Waals surface area contributed by atoms with Crippen LogP contribution in [0.2, 0.25) is 0 Å². The summed E-state index contributed by atoms with van der Waals surface area (Å²) in [6, 6.07) is 25.0. The molecule has 0 aliphatic rings. The molecular formula is C34H41N3O6. The highest BCUT2D eigenvalue weighted by Crippen LogP contribution is 2.26. The average Bonchev–Trinajstić information content (AvgIpc) is 3.49. The molecule has 4 rings (SSSR count). The molecule has 1 heterocycles. The van der Waals surface area contributed by atoms with Crippen molar-refractivity contribution in [3.05, 3.63) is 96.2 Å². The summed E-state index contributed by atoms with van der Waals surface area (Å²) in [7, 11) is 0. The Morgan fingerprint density at radius 1 is 0.721 bits per heavy atom. The molecule has 0 bridgehead atoms. The number of ether oxygens (including phenoxy) is 5. The molecule has 1 amide bonds. The first-order valence-corrected chi connectivity index (χ1v) is 14.7. The highest BCUT2D eigenvalue weighted by Gasteiger charge is 2.19. The van der Waals surface area contributed by atoms with Gasteiger partial charge in [0.1, 0.15) is 18.1 Å². The summed E-state index contributed by atoms with van der Waals surface area (Å²) < 4.78 is 29.3. The van der Waals surface area contributed by atoms with Gasteiger partial charge in [-0.1, -0.05) is 55.0 Å². The fourth-order valence-corrected chi connectivity index (χ4v) is 4.14. The maximum absolute atomic E-state index is 13.4. The van der Waals surface area contributed by atoms with Crippen molar-refractivity contribution in [3.63, 3.8) is 0 Å². The van der Waals surface area contributed by atoms with Crippen molar-refractivity contribution in [2.24, 2.45) is 0 Å². The van der Waals surface area contributed by atoms with E-state index in [0.717, 1.165) is 29.8 Å². The van der Waals surface area contributed by atoms with Crippen LogP contribution in [-0.4, -0.2) is 75.1 Å². The van der Waals surface area contributed by atoms with E-state index in [1.54, 1.807) is 10.9 Å². The number of amides is 1. The van der Waals surface area contributed by atoms with Gasteiger partial charge in [-0.15, -0.1) is 0 Å². The zero-order valence-electron chi connectivity index (χ0n) is 25.0. The fraction of sp³-hybridized carbons (Fsp3) is 0.353. The summed E-state index contributed by atoms with van der Waals surface area (Å²) in [5.41, 5.74) is 4.65. The summed E-state index contributed by atoms with van der Waals surface area (Å²) >= 11 is 0. The quantitative estimate of drug-likeness (QED) is 0.135. The van der Waals surface area contributed by atoms with Crippen LogP contribution in [0.1, 0.15) is 29.3 Å². The molecule has 9 nitrogen and oxygen atoms in total. The lowest BCUT2D eigenvalue weighted by Gasteiger charge is -2.10. The Bertz CT molecular complexity index is 1360. The molecule has 228 valence electrons. The number of anilines is 1. The molecule has 0 saturated carbocycles. The lowest BCUT2D eigenvalue weighted by Crippen LogP contribution is -2.14. The van der Waals surface area contributed by atoms with E-state index >= 15 is 0 Å². The molecule has 0 saturated heterocycles. The van der Waals surface area contributed by atoms with Crippen molar-refractivity contribution in [2.45, 2.75) is 20.3 Å². The summed E-state index contributed by atoms with van der Waals surface area (Å²) in [5, 5.41) is 7.74. The van der Waals surface area contributed by atoms with Crippen LogP contribution >= 0.6 is 0 Å². The minimum Gasteiger partial charge on any atom is -0.491 e. The molecule has 9 heteroatoms. The number of carbonyl (C=O) groups is 1. The Morgan fingerprint density at radius 2 is 1.30 bits per heavy atom. The Hall–Kier alpha value is -4.02. The molecule has 0 radical (unpaired) electrons. The summed E-state index contributed by atoms with van der Waals surface area (Å²) in [5.74, 6) is 0.449. The summed E-state index contributed by atoms with van der Waals surface area (Å²) in [4.78, 5) is 13.4. The van der Waals surface area contributed by atoms with E-state index in [-0.39, 0.29) is 5.91 Å². The molecule has 4 aromatic rings. The van der Waals surface area contributed by atoms with Gasteiger partial charge < -0.3 is 29.0 Å². The Morgan fingerprint density at radius 3 is 1.91 bits per heavy atom. The second kappa shape index (κ2) is 17.8. The molecule has 0 unspecified atom stereocenters. The van der Waals surface area contributed by atoms with Crippen LogP contribution in [0.15, 0.2) is 85.1 Å². The minimum atomic E-state index is -0.241. The molecule has 0 atom stereocenters. The smallest absolute Gasteiger partial charge is 0.259 e. The summed E-state index contributed by atoms with van der Waals surface area (Å²) in [6.07, 6.45) is 2.78. The van der Waals surface area contributed by atoms with Crippen LogP contribution < -0.4 is 10.1 Å². The van der Waals surface area contributed by atoms with Crippen molar-refractivity contribution in [1.29, 1.82) is 0 Å². The number of hydrogen-bond donors (Lipinski definition) is 1. The number of nitrogens with zero attached hydrogens (tertiary/aromatic N) is 2. The first-order valence-electron chi connectivity index (χ1n) is 14.7. The van der Waals surface area contributed by atoms with E-state index in [1.165, 1.54) is 0 Å². The summed E-state index contributed by atoms with van der Waals surface area (Å²) in [6.45, 7) is 8.98. The van der Waals surface area contributed by atoms with Crippen LogP contribution in [0.4, 0.5) is 5.69 Å². The van der Waals surface area contributed by atoms with Crippen molar-refractivity contribution >= 4 is 11.6 Å².